The Kier molecular flexibility index (Phi) is 3.65. The summed E-state index contributed by atoms with van der Waals surface area (Å²) in [6.45, 7) is 0. The van der Waals surface area contributed by atoms with Crippen LogP contribution in [0.5, 0.6) is 0 Å². The van der Waals surface area contributed by atoms with Crippen molar-refractivity contribution in [2.24, 2.45) is 0 Å². The van der Waals surface area contributed by atoms with Crippen LogP contribution in [0.25, 0.3) is 0 Å². The number of allylic oxidation sites excluding steroid dienone is 1. The van der Waals surface area contributed by atoms with Gasteiger partial charge in [0.1, 0.15) is 0 Å². The Balaban J connectivity index is 3.92. The fourth-order valence-electron chi connectivity index (χ4n) is 0.168. The van der Waals surface area contributed by atoms with Crippen LogP contribution in [0.2, 0.25) is 0 Å². The van der Waals surface area contributed by atoms with Crippen molar-refractivity contribution < 1.29 is 9.53 Å². The van der Waals surface area contributed by atoms with E-state index in [1.54, 1.807) is 0 Å². The summed E-state index contributed by atoms with van der Waals surface area (Å²) in [5, 5.41) is -0.692. The molecule has 0 aliphatic heterocycles. The summed E-state index contributed by atoms with van der Waals surface area (Å²) in [6, 6.07) is 0. The Bertz CT molecular complexity index is 119. The third-order valence-electron chi connectivity index (χ3n) is 0.513. The first kappa shape index (κ1) is 7.79. The first-order valence-corrected chi connectivity index (χ1v) is 2.58. The molecule has 0 saturated heterocycles. The van der Waals surface area contributed by atoms with Gasteiger partial charge in [-0.3, -0.25) is 4.79 Å². The summed E-state index contributed by atoms with van der Waals surface area (Å²) in [4.78, 5) is 10.1. The Morgan fingerprint density at radius 1 is 1.75 bits per heavy atom. The van der Waals surface area contributed by atoms with Crippen LogP contribution < -0.4 is 0 Å². The van der Waals surface area contributed by atoms with Crippen molar-refractivity contribution in [2.45, 2.75) is 0 Å². The van der Waals surface area contributed by atoms with Gasteiger partial charge in [0.05, 0.1) is 12.6 Å². The predicted molar refractivity (Wildman–Crippen MR) is 31.8 cm³/mol. The minimum Gasteiger partial charge on any atom is -0.491 e. The highest BCUT2D eigenvalue weighted by atomic mass is 35.5. The SMILES string of the molecule is COC(=CCl)C(=O)Cl. The molecule has 0 unspecified atom stereocenters. The van der Waals surface area contributed by atoms with Crippen molar-refractivity contribution in [3.8, 4) is 0 Å². The van der Waals surface area contributed by atoms with E-state index < -0.39 is 5.24 Å². The average molecular weight is 155 g/mol. The van der Waals surface area contributed by atoms with Crippen LogP contribution in [0, 0.1) is 0 Å². The topological polar surface area (TPSA) is 26.3 Å². The molecule has 0 N–H and O–H groups in total. The highest BCUT2D eigenvalue weighted by Gasteiger charge is 2.02. The number of hydrogen-bond donors (Lipinski definition) is 0. The van der Waals surface area contributed by atoms with Gasteiger partial charge < -0.3 is 4.74 Å². The second-order valence-electron chi connectivity index (χ2n) is 0.951. The molecule has 4 heteroatoms. The van der Waals surface area contributed by atoms with E-state index >= 15 is 0 Å². The molecule has 0 aliphatic carbocycles. The third-order valence-corrected chi connectivity index (χ3v) is 0.897. The van der Waals surface area contributed by atoms with Crippen molar-refractivity contribution in [2.75, 3.05) is 7.11 Å². The lowest BCUT2D eigenvalue weighted by Gasteiger charge is -1.93. The number of methoxy groups -OCH3 is 1. The Morgan fingerprint density at radius 3 is 2.25 bits per heavy atom. The zero-order chi connectivity index (χ0) is 6.57. The highest BCUT2D eigenvalue weighted by Crippen LogP contribution is 2.01. The third kappa shape index (κ3) is 2.19. The van der Waals surface area contributed by atoms with Gasteiger partial charge in [-0.1, -0.05) is 11.6 Å². The Hall–Kier alpha value is -0.210. The van der Waals surface area contributed by atoms with Gasteiger partial charge in [0.2, 0.25) is 0 Å². The molecule has 0 aromatic carbocycles. The highest BCUT2D eigenvalue weighted by molar-refractivity contribution is 6.67. The molecule has 8 heavy (non-hydrogen) atoms. The first-order chi connectivity index (χ1) is 3.72. The van der Waals surface area contributed by atoms with Gasteiger partial charge >= 0.3 is 0 Å². The van der Waals surface area contributed by atoms with E-state index in [2.05, 4.69) is 4.74 Å². The molecule has 0 aromatic rings. The molecule has 0 bridgehead atoms. The van der Waals surface area contributed by atoms with Crippen molar-refractivity contribution in [1.29, 1.82) is 0 Å². The summed E-state index contributed by atoms with van der Waals surface area (Å²) in [6.07, 6.45) is 0. The lowest BCUT2D eigenvalue weighted by atomic mass is 10.6. The molecule has 0 amide bonds. The average Bonchev–Trinajstić information content (AvgIpc) is 1.69. The normalized spacial score (nSPS) is 11.1. The number of carbonyl (C=O) groups excluding carboxylic acids is 1. The standard InChI is InChI=1S/C4H4Cl2O2/c1-8-3(2-5)4(6)7/h2H,1H3. The van der Waals surface area contributed by atoms with Crippen LogP contribution in [0.3, 0.4) is 0 Å². The van der Waals surface area contributed by atoms with E-state index in [9.17, 15) is 4.79 Å². The van der Waals surface area contributed by atoms with Crippen LogP contribution in [0.15, 0.2) is 11.3 Å². The van der Waals surface area contributed by atoms with Gasteiger partial charge in [-0.25, -0.2) is 0 Å². The smallest absolute Gasteiger partial charge is 0.288 e. The van der Waals surface area contributed by atoms with E-state index in [-0.39, 0.29) is 5.76 Å². The predicted octanol–water partition coefficient (Wildman–Crippen LogP) is 1.48. The second-order valence-corrected chi connectivity index (χ2v) is 1.51. The maximum absolute atomic E-state index is 10.1. The molecule has 0 aliphatic rings. The van der Waals surface area contributed by atoms with Crippen LogP contribution >= 0.6 is 23.2 Å². The largest absolute Gasteiger partial charge is 0.491 e. The Morgan fingerprint density at radius 2 is 2.25 bits per heavy atom. The second kappa shape index (κ2) is 3.75. The van der Waals surface area contributed by atoms with Gasteiger partial charge in [0.25, 0.3) is 5.24 Å². The molecule has 0 rings (SSSR count). The zero-order valence-electron chi connectivity index (χ0n) is 4.15. The van der Waals surface area contributed by atoms with Gasteiger partial charge in [-0.2, -0.15) is 0 Å². The number of hydrogen-bond acceptors (Lipinski definition) is 2. The molecule has 2 nitrogen and oxygen atoms in total. The van der Waals surface area contributed by atoms with Crippen LogP contribution in [-0.2, 0) is 9.53 Å². The summed E-state index contributed by atoms with van der Waals surface area (Å²) < 4.78 is 4.41. The molecular weight excluding hydrogens is 151 g/mol. The van der Waals surface area contributed by atoms with Crippen molar-refractivity contribution in [3.05, 3.63) is 11.3 Å². The lowest BCUT2D eigenvalue weighted by molar-refractivity contribution is -0.111. The lowest BCUT2D eigenvalue weighted by Crippen LogP contribution is -1.93. The molecule has 46 valence electrons. The molecule has 0 spiro atoms. The molecule has 0 aromatic heterocycles. The van der Waals surface area contributed by atoms with Gasteiger partial charge in [-0.15, -0.1) is 0 Å². The van der Waals surface area contributed by atoms with E-state index in [4.69, 9.17) is 23.2 Å². The summed E-state index contributed by atoms with van der Waals surface area (Å²) >= 11 is 10.00. The van der Waals surface area contributed by atoms with Gasteiger partial charge in [-0.05, 0) is 11.6 Å². The molecule has 0 saturated carbocycles. The Labute approximate surface area is 57.0 Å². The maximum Gasteiger partial charge on any atom is 0.288 e. The molecule has 0 heterocycles. The number of carbonyl (C=O) groups is 1. The monoisotopic (exact) mass is 154 g/mol. The van der Waals surface area contributed by atoms with Gasteiger partial charge in [0.15, 0.2) is 5.76 Å². The fraction of sp³-hybridized carbons (Fsp3) is 0.250. The number of halogens is 2. The van der Waals surface area contributed by atoms with E-state index in [0.717, 1.165) is 5.54 Å². The summed E-state index contributed by atoms with van der Waals surface area (Å²) in [7, 11) is 1.31. The van der Waals surface area contributed by atoms with Crippen LogP contribution in [0.4, 0.5) is 0 Å². The van der Waals surface area contributed by atoms with E-state index in [1.165, 1.54) is 7.11 Å². The van der Waals surface area contributed by atoms with E-state index in [1.807, 2.05) is 0 Å². The van der Waals surface area contributed by atoms with Crippen molar-refractivity contribution >= 4 is 28.4 Å². The number of rotatable bonds is 2. The van der Waals surface area contributed by atoms with Crippen molar-refractivity contribution in [1.82, 2.24) is 0 Å². The van der Waals surface area contributed by atoms with Crippen LogP contribution in [0.1, 0.15) is 0 Å². The number of ether oxygens (including phenoxy) is 1. The summed E-state index contributed by atoms with van der Waals surface area (Å²) in [5.41, 5.74) is 0.981. The molecule has 0 fully saturated rings. The zero-order valence-corrected chi connectivity index (χ0v) is 5.66. The van der Waals surface area contributed by atoms with Gasteiger partial charge in [0, 0.05) is 0 Å². The van der Waals surface area contributed by atoms with Crippen molar-refractivity contribution in [3.63, 3.8) is 0 Å². The van der Waals surface area contributed by atoms with E-state index in [0.29, 0.717) is 0 Å². The summed E-state index contributed by atoms with van der Waals surface area (Å²) in [5.74, 6) is -0.0478. The molecule has 0 radical (unpaired) electrons. The molecular formula is C4H4Cl2O2. The minimum atomic E-state index is -0.692. The fourth-order valence-corrected chi connectivity index (χ4v) is 0.543. The first-order valence-electron chi connectivity index (χ1n) is 1.76. The maximum atomic E-state index is 10.1. The molecule has 0 atom stereocenters. The quantitative estimate of drug-likeness (QED) is 0.343. The minimum absolute atomic E-state index is 0.0478. The van der Waals surface area contributed by atoms with Crippen LogP contribution in [-0.4, -0.2) is 12.4 Å².